The first-order valence-corrected chi connectivity index (χ1v) is 12.1. The number of nitrogens with one attached hydrogen (secondary N) is 3. The maximum absolute atomic E-state index is 13.7. The number of H-pyrrole nitrogens is 1. The lowest BCUT2D eigenvalue weighted by Gasteiger charge is -2.33. The van der Waals surface area contributed by atoms with Gasteiger partial charge in [-0.3, -0.25) is 14.4 Å². The number of aromatic nitrogens is 1. The molecule has 8 heteroatoms. The highest BCUT2D eigenvalue weighted by atomic mass is 16.2. The molecule has 2 heterocycles. The van der Waals surface area contributed by atoms with Gasteiger partial charge in [0.1, 0.15) is 24.1 Å². The molecule has 2 aliphatic carbocycles. The van der Waals surface area contributed by atoms with E-state index < -0.39 is 18.1 Å². The van der Waals surface area contributed by atoms with Gasteiger partial charge in [-0.25, -0.2) is 0 Å². The number of carbonyl (C=O) groups excluding carboxylic acids is 4. The highest BCUT2D eigenvalue weighted by molar-refractivity contribution is 6.01. The minimum absolute atomic E-state index is 0.0241. The first-order valence-electron chi connectivity index (χ1n) is 12.1. The van der Waals surface area contributed by atoms with Gasteiger partial charge in [0.2, 0.25) is 11.8 Å². The summed E-state index contributed by atoms with van der Waals surface area (Å²) >= 11 is 0. The lowest BCUT2D eigenvalue weighted by atomic mass is 9.99. The van der Waals surface area contributed by atoms with Crippen molar-refractivity contribution in [3.8, 4) is 0 Å². The van der Waals surface area contributed by atoms with Crippen molar-refractivity contribution in [3.05, 3.63) is 35.5 Å². The second-order valence-electron chi connectivity index (χ2n) is 10.8. The molecule has 2 saturated carbocycles. The number of hydrogen-bond acceptors (Lipinski definition) is 4. The van der Waals surface area contributed by atoms with Gasteiger partial charge in [-0.15, -0.1) is 0 Å². The summed E-state index contributed by atoms with van der Waals surface area (Å²) in [5.74, 6) is -0.442. The van der Waals surface area contributed by atoms with E-state index in [2.05, 4.69) is 29.5 Å². The average molecular weight is 465 g/mol. The summed E-state index contributed by atoms with van der Waals surface area (Å²) in [6.45, 7) is 8.34. The first-order chi connectivity index (χ1) is 16.1. The van der Waals surface area contributed by atoms with Crippen LogP contribution in [0.1, 0.15) is 49.7 Å². The molecule has 3 amide bonds. The van der Waals surface area contributed by atoms with Crippen molar-refractivity contribution in [3.63, 3.8) is 0 Å². The number of piperidine rings is 1. The molecular formula is C26H32N4O4. The number of aryl methyl sites for hydroxylation is 1. The maximum Gasteiger partial charge on any atom is 0.268 e. The summed E-state index contributed by atoms with van der Waals surface area (Å²) in [7, 11) is 0. The fourth-order valence-corrected chi connectivity index (χ4v) is 5.79. The van der Waals surface area contributed by atoms with E-state index in [1.807, 2.05) is 31.2 Å². The number of aldehydes is 1. The number of benzene rings is 1. The Hall–Kier alpha value is -3.16. The van der Waals surface area contributed by atoms with Crippen LogP contribution in [0.2, 0.25) is 0 Å². The molecule has 1 aromatic heterocycles. The zero-order valence-electron chi connectivity index (χ0n) is 20.1. The Morgan fingerprint density at radius 2 is 1.94 bits per heavy atom. The second kappa shape index (κ2) is 7.96. The Morgan fingerprint density at radius 1 is 1.21 bits per heavy atom. The quantitative estimate of drug-likeness (QED) is 0.545. The number of nitrogens with zero attached hydrogens (tertiary/aromatic N) is 1. The van der Waals surface area contributed by atoms with E-state index in [1.165, 1.54) is 0 Å². The third-order valence-corrected chi connectivity index (χ3v) is 8.11. The third kappa shape index (κ3) is 3.69. The summed E-state index contributed by atoms with van der Waals surface area (Å²) in [5, 5.41) is 6.67. The Bertz CT molecular complexity index is 1180. The van der Waals surface area contributed by atoms with Crippen molar-refractivity contribution in [2.24, 2.45) is 23.2 Å². The minimum atomic E-state index is -0.667. The summed E-state index contributed by atoms with van der Waals surface area (Å²) in [6, 6.07) is 5.76. The van der Waals surface area contributed by atoms with Crippen LogP contribution >= 0.6 is 0 Å². The van der Waals surface area contributed by atoms with Gasteiger partial charge in [0.05, 0.1) is 6.04 Å². The summed E-state index contributed by atoms with van der Waals surface area (Å²) in [5.41, 5.74) is 2.34. The van der Waals surface area contributed by atoms with Crippen molar-refractivity contribution in [2.45, 2.75) is 58.7 Å². The van der Waals surface area contributed by atoms with Crippen molar-refractivity contribution in [1.82, 2.24) is 20.5 Å². The molecule has 0 spiro atoms. The molecule has 8 nitrogen and oxygen atoms in total. The lowest BCUT2D eigenvalue weighted by molar-refractivity contribution is -0.142. The molecule has 3 aliphatic rings. The van der Waals surface area contributed by atoms with Gasteiger partial charge in [0, 0.05) is 17.4 Å². The molecule has 5 atom stereocenters. The highest BCUT2D eigenvalue weighted by Gasteiger charge is 2.69. The lowest BCUT2D eigenvalue weighted by Crippen LogP contribution is -2.57. The third-order valence-electron chi connectivity index (χ3n) is 8.11. The van der Waals surface area contributed by atoms with E-state index in [-0.39, 0.29) is 40.9 Å². The molecule has 0 radical (unpaired) electrons. The van der Waals surface area contributed by atoms with Crippen molar-refractivity contribution in [1.29, 1.82) is 0 Å². The van der Waals surface area contributed by atoms with E-state index in [0.717, 1.165) is 29.3 Å². The number of carbonyl (C=O) groups is 4. The maximum atomic E-state index is 13.7. The van der Waals surface area contributed by atoms with Crippen LogP contribution in [0.25, 0.3) is 10.9 Å². The van der Waals surface area contributed by atoms with E-state index in [4.69, 9.17) is 0 Å². The number of aromatic amines is 1. The predicted molar refractivity (Wildman–Crippen MR) is 127 cm³/mol. The van der Waals surface area contributed by atoms with Gasteiger partial charge >= 0.3 is 0 Å². The molecule has 34 heavy (non-hydrogen) atoms. The SMILES string of the molecule is Cc1cccc2[nH]c(C(=O)N[C@H](C(=O)N3C[C@H]4[C@@H]([C@H]3C(=O)N[C@@H](C)C=O)C4(C)C)C3CC3)cc12. The molecule has 1 aromatic carbocycles. The highest BCUT2D eigenvalue weighted by Crippen LogP contribution is 2.65. The molecule has 2 aromatic rings. The molecule has 3 fully saturated rings. The molecule has 0 bridgehead atoms. The molecule has 3 N–H and O–H groups in total. The molecule has 180 valence electrons. The van der Waals surface area contributed by atoms with E-state index >= 15 is 0 Å². The largest absolute Gasteiger partial charge is 0.351 e. The smallest absolute Gasteiger partial charge is 0.268 e. The van der Waals surface area contributed by atoms with Crippen LogP contribution in [0.5, 0.6) is 0 Å². The Morgan fingerprint density at radius 3 is 2.59 bits per heavy atom. The van der Waals surface area contributed by atoms with Crippen LogP contribution in [0, 0.1) is 30.1 Å². The Labute approximate surface area is 198 Å². The van der Waals surface area contributed by atoms with Crippen LogP contribution in [0.3, 0.4) is 0 Å². The summed E-state index contributed by atoms with van der Waals surface area (Å²) < 4.78 is 0. The second-order valence-corrected chi connectivity index (χ2v) is 10.8. The van der Waals surface area contributed by atoms with Crippen molar-refractivity contribution >= 4 is 34.9 Å². The van der Waals surface area contributed by atoms with Gasteiger partial charge in [0.25, 0.3) is 5.91 Å². The van der Waals surface area contributed by atoms with Crippen LogP contribution in [0.4, 0.5) is 0 Å². The predicted octanol–water partition coefficient (Wildman–Crippen LogP) is 2.17. The number of likely N-dealkylation sites (tertiary alicyclic amines) is 1. The standard InChI is InChI=1S/C26H32N4O4/c1-13-6-5-7-18-16(13)10-19(28-18)23(32)29-21(15-8-9-15)25(34)30-11-17-20(26(17,3)4)22(30)24(33)27-14(2)12-31/h5-7,10,12,14-15,17,20-22,28H,8-9,11H2,1-4H3,(H,27,33)(H,29,32)/t14-,17-,20-,21-,22-/m0/s1. The number of amides is 3. The van der Waals surface area contributed by atoms with E-state index in [1.54, 1.807) is 11.8 Å². The molecule has 1 saturated heterocycles. The molecular weight excluding hydrogens is 432 g/mol. The molecule has 5 rings (SSSR count). The normalized spacial score (nSPS) is 26.5. The molecule has 0 unspecified atom stereocenters. The zero-order valence-corrected chi connectivity index (χ0v) is 20.1. The Balaban J connectivity index is 1.36. The van der Waals surface area contributed by atoms with Gasteiger partial charge in [-0.1, -0.05) is 26.0 Å². The minimum Gasteiger partial charge on any atom is -0.351 e. The monoisotopic (exact) mass is 464 g/mol. The van der Waals surface area contributed by atoms with Crippen molar-refractivity contribution in [2.75, 3.05) is 6.54 Å². The van der Waals surface area contributed by atoms with Crippen LogP contribution in [0.15, 0.2) is 24.3 Å². The van der Waals surface area contributed by atoms with Crippen LogP contribution in [-0.2, 0) is 14.4 Å². The van der Waals surface area contributed by atoms with E-state index in [0.29, 0.717) is 18.5 Å². The van der Waals surface area contributed by atoms with Crippen LogP contribution in [-0.4, -0.2) is 58.6 Å². The fraction of sp³-hybridized carbons (Fsp3) is 0.538. The van der Waals surface area contributed by atoms with Gasteiger partial charge in [-0.2, -0.15) is 0 Å². The summed E-state index contributed by atoms with van der Waals surface area (Å²) in [4.78, 5) is 55.8. The van der Waals surface area contributed by atoms with Gasteiger partial charge in [-0.05, 0) is 67.6 Å². The van der Waals surface area contributed by atoms with E-state index in [9.17, 15) is 19.2 Å². The Kier molecular flexibility index (Phi) is 5.30. The molecule has 1 aliphatic heterocycles. The average Bonchev–Trinajstić information content (AvgIpc) is 3.57. The van der Waals surface area contributed by atoms with Gasteiger partial charge in [0.15, 0.2) is 0 Å². The number of hydrogen-bond donors (Lipinski definition) is 3. The number of rotatable bonds is 7. The fourth-order valence-electron chi connectivity index (χ4n) is 5.79. The topological polar surface area (TPSA) is 111 Å². The van der Waals surface area contributed by atoms with Crippen LogP contribution < -0.4 is 10.6 Å². The zero-order chi connectivity index (χ0) is 24.4. The summed E-state index contributed by atoms with van der Waals surface area (Å²) in [6.07, 6.45) is 2.42. The van der Waals surface area contributed by atoms with Crippen molar-refractivity contribution < 1.29 is 19.2 Å². The number of fused-ring (bicyclic) bond motifs is 2. The first kappa shape index (κ1) is 22.6. The van der Waals surface area contributed by atoms with Gasteiger partial charge < -0.3 is 25.3 Å².